The Morgan fingerprint density at radius 1 is 0.894 bits per heavy atom. The Morgan fingerprint density at radius 2 is 1.57 bits per heavy atom. The minimum Gasteiger partial charge on any atom is -0.463 e. The van der Waals surface area contributed by atoms with Crippen LogP contribution in [0.4, 0.5) is 5.69 Å². The van der Waals surface area contributed by atoms with Gasteiger partial charge in [0.05, 0.1) is 25.7 Å². The SMILES string of the molecule is CC1CC(=O)N(CCCC(=O)NCC(=O)NCC(=O)N[C@@H](Cc2ccccc2)C(=O)C(=O)CNNc2ccc(COC=O)cc2)C1=O. The topological polar surface area (TPSA) is 209 Å². The third-order valence-electron chi connectivity index (χ3n) is 7.11. The number of benzene rings is 2. The second kappa shape index (κ2) is 18.5. The molecule has 0 saturated carbocycles. The Bertz CT molecular complexity index is 1450. The lowest BCUT2D eigenvalue weighted by atomic mass is 10.00. The molecule has 1 aliphatic heterocycles. The van der Waals surface area contributed by atoms with Crippen molar-refractivity contribution in [2.45, 2.75) is 45.3 Å². The molecule has 0 radical (unpaired) electrons. The number of carbonyl (C=O) groups is 8. The molecule has 2 aromatic rings. The van der Waals surface area contributed by atoms with Gasteiger partial charge in [-0.2, -0.15) is 0 Å². The van der Waals surface area contributed by atoms with Gasteiger partial charge < -0.3 is 26.1 Å². The third-order valence-corrected chi connectivity index (χ3v) is 7.11. The summed E-state index contributed by atoms with van der Waals surface area (Å²) in [5.41, 5.74) is 7.51. The lowest BCUT2D eigenvalue weighted by Crippen LogP contribution is -2.50. The van der Waals surface area contributed by atoms with Crippen molar-refractivity contribution in [1.82, 2.24) is 26.3 Å². The van der Waals surface area contributed by atoms with Gasteiger partial charge in [0.15, 0.2) is 0 Å². The molecule has 5 amide bonds. The van der Waals surface area contributed by atoms with Crippen LogP contribution in [-0.2, 0) is 56.1 Å². The second-order valence-electron chi connectivity index (χ2n) is 10.8. The normalized spacial score (nSPS) is 14.6. The van der Waals surface area contributed by atoms with E-state index >= 15 is 0 Å². The van der Waals surface area contributed by atoms with Crippen LogP contribution in [0.1, 0.15) is 37.3 Å². The Hall–Kier alpha value is -5.44. The van der Waals surface area contributed by atoms with Crippen LogP contribution in [0, 0.1) is 5.92 Å². The van der Waals surface area contributed by atoms with Crippen LogP contribution in [0.15, 0.2) is 54.6 Å². The summed E-state index contributed by atoms with van der Waals surface area (Å²) < 4.78 is 4.69. The summed E-state index contributed by atoms with van der Waals surface area (Å²) in [6.07, 6.45) is 0.425. The molecule has 1 aliphatic rings. The Labute approximate surface area is 271 Å². The number of nitrogens with zero attached hydrogens (tertiary/aromatic N) is 1. The van der Waals surface area contributed by atoms with Crippen molar-refractivity contribution in [2.75, 3.05) is 31.6 Å². The molecule has 5 N–H and O–H groups in total. The number of amides is 5. The minimum atomic E-state index is -1.20. The zero-order valence-corrected chi connectivity index (χ0v) is 25.9. The van der Waals surface area contributed by atoms with Gasteiger partial charge in [0.2, 0.25) is 41.1 Å². The first-order valence-corrected chi connectivity index (χ1v) is 15.0. The highest BCUT2D eigenvalue weighted by Crippen LogP contribution is 2.19. The number of rotatable bonds is 20. The molecular weight excluding hydrogens is 612 g/mol. The molecule has 15 nitrogen and oxygen atoms in total. The van der Waals surface area contributed by atoms with E-state index in [1.54, 1.807) is 61.5 Å². The predicted molar refractivity (Wildman–Crippen MR) is 167 cm³/mol. The average Bonchev–Trinajstić information content (AvgIpc) is 3.31. The van der Waals surface area contributed by atoms with Gasteiger partial charge in [-0.05, 0) is 29.7 Å². The number of nitrogens with one attached hydrogen (secondary N) is 5. The van der Waals surface area contributed by atoms with Gasteiger partial charge in [-0.25, -0.2) is 5.43 Å². The van der Waals surface area contributed by atoms with Crippen LogP contribution in [0.3, 0.4) is 0 Å². The molecule has 250 valence electrons. The van der Waals surface area contributed by atoms with Gasteiger partial charge in [-0.15, -0.1) is 0 Å². The fourth-order valence-corrected chi connectivity index (χ4v) is 4.62. The van der Waals surface area contributed by atoms with Gasteiger partial charge in [0.25, 0.3) is 6.47 Å². The number of ether oxygens (including phenoxy) is 1. The summed E-state index contributed by atoms with van der Waals surface area (Å²) in [6.45, 7) is 0.955. The first-order valence-electron chi connectivity index (χ1n) is 15.0. The van der Waals surface area contributed by atoms with Gasteiger partial charge in [0, 0.05) is 37.4 Å². The van der Waals surface area contributed by atoms with Crippen LogP contribution in [0.5, 0.6) is 0 Å². The molecule has 0 aromatic heterocycles. The lowest BCUT2D eigenvalue weighted by Gasteiger charge is -2.18. The highest BCUT2D eigenvalue weighted by molar-refractivity contribution is 6.40. The second-order valence-corrected chi connectivity index (χ2v) is 10.8. The fraction of sp³-hybridized carbons (Fsp3) is 0.375. The van der Waals surface area contributed by atoms with Crippen LogP contribution >= 0.6 is 0 Å². The molecule has 3 rings (SSSR count). The first-order chi connectivity index (χ1) is 22.6. The van der Waals surface area contributed by atoms with E-state index in [4.69, 9.17) is 0 Å². The van der Waals surface area contributed by atoms with E-state index in [-0.39, 0.29) is 63.1 Å². The van der Waals surface area contributed by atoms with Crippen molar-refractivity contribution in [2.24, 2.45) is 5.92 Å². The van der Waals surface area contributed by atoms with Crippen LogP contribution < -0.4 is 26.8 Å². The molecular formula is C32H38N6O9. The van der Waals surface area contributed by atoms with E-state index in [0.29, 0.717) is 17.7 Å². The maximum absolute atomic E-state index is 13.1. The van der Waals surface area contributed by atoms with Crippen molar-refractivity contribution >= 4 is 53.3 Å². The summed E-state index contributed by atoms with van der Waals surface area (Å²) >= 11 is 0. The smallest absolute Gasteiger partial charge is 0.293 e. The average molecular weight is 651 g/mol. The Kier molecular flexibility index (Phi) is 14.2. The maximum Gasteiger partial charge on any atom is 0.293 e. The number of hydrazine groups is 1. The molecule has 1 heterocycles. The molecule has 15 heteroatoms. The number of Topliss-reactive ketones (excluding diaryl/α,β-unsaturated/α-hetero) is 2. The number of hydrogen-bond acceptors (Lipinski definition) is 11. The molecule has 0 spiro atoms. The lowest BCUT2D eigenvalue weighted by molar-refractivity contribution is -0.139. The third kappa shape index (κ3) is 12.1. The van der Waals surface area contributed by atoms with E-state index in [1.165, 1.54) is 0 Å². The summed E-state index contributed by atoms with van der Waals surface area (Å²) in [7, 11) is 0. The number of carbonyl (C=O) groups excluding carboxylic acids is 8. The molecule has 0 bridgehead atoms. The first kappa shape index (κ1) is 36.0. The van der Waals surface area contributed by atoms with E-state index in [0.717, 1.165) is 10.5 Å². The maximum atomic E-state index is 13.1. The highest BCUT2D eigenvalue weighted by atomic mass is 16.5. The van der Waals surface area contributed by atoms with Crippen molar-refractivity contribution in [3.63, 3.8) is 0 Å². The standard InChI is InChI=1S/C32H38N6O9/c1-21-14-30(44)38(32(21)46)13-5-8-27(41)33-17-28(42)34-18-29(43)36-25(15-22-6-3-2-4-7-22)31(45)26(40)16-35-37-24-11-9-23(10-12-24)19-47-20-39/h2-4,6-7,9-12,20-21,25,35,37H,5,8,13-19H2,1H3,(H,33,41)(H,34,42)(H,36,43)/t21?,25-/m0/s1. The van der Waals surface area contributed by atoms with Gasteiger partial charge in [-0.3, -0.25) is 43.3 Å². The molecule has 1 unspecified atom stereocenters. The Morgan fingerprint density at radius 3 is 2.23 bits per heavy atom. The number of likely N-dealkylation sites (tertiary alicyclic amines) is 1. The molecule has 1 saturated heterocycles. The quantitative estimate of drug-likeness (QED) is 0.0536. The van der Waals surface area contributed by atoms with E-state index in [9.17, 15) is 38.4 Å². The summed E-state index contributed by atoms with van der Waals surface area (Å²) in [4.78, 5) is 98.0. The van der Waals surface area contributed by atoms with E-state index in [1.807, 2.05) is 0 Å². The van der Waals surface area contributed by atoms with Crippen LogP contribution in [-0.4, -0.2) is 84.7 Å². The fourth-order valence-electron chi connectivity index (χ4n) is 4.62. The summed E-state index contributed by atoms with van der Waals surface area (Å²) in [5, 5.41) is 7.27. The zero-order chi connectivity index (χ0) is 34.2. The zero-order valence-electron chi connectivity index (χ0n) is 25.9. The molecule has 0 aliphatic carbocycles. The van der Waals surface area contributed by atoms with E-state index < -0.39 is 48.4 Å². The molecule has 2 atom stereocenters. The van der Waals surface area contributed by atoms with Crippen molar-refractivity contribution in [3.05, 3.63) is 65.7 Å². The van der Waals surface area contributed by atoms with Crippen molar-refractivity contribution in [1.29, 1.82) is 0 Å². The summed E-state index contributed by atoms with van der Waals surface area (Å²) in [6, 6.07) is 14.4. The monoisotopic (exact) mass is 650 g/mol. The largest absolute Gasteiger partial charge is 0.463 e. The van der Waals surface area contributed by atoms with Crippen LogP contribution in [0.25, 0.3) is 0 Å². The number of ketones is 2. The van der Waals surface area contributed by atoms with Crippen LogP contribution in [0.2, 0.25) is 0 Å². The van der Waals surface area contributed by atoms with Crippen molar-refractivity contribution in [3.8, 4) is 0 Å². The number of imide groups is 1. The van der Waals surface area contributed by atoms with Gasteiger partial charge >= 0.3 is 0 Å². The predicted octanol–water partition coefficient (Wildman–Crippen LogP) is -0.451. The molecule has 2 aromatic carbocycles. The Balaban J connectivity index is 1.42. The minimum absolute atomic E-state index is 0.00885. The molecule has 1 fully saturated rings. The van der Waals surface area contributed by atoms with Gasteiger partial charge in [-0.1, -0.05) is 49.4 Å². The van der Waals surface area contributed by atoms with E-state index in [2.05, 4.69) is 31.5 Å². The number of hydrogen-bond donors (Lipinski definition) is 5. The van der Waals surface area contributed by atoms with Crippen molar-refractivity contribution < 1.29 is 43.1 Å². The molecule has 47 heavy (non-hydrogen) atoms. The summed E-state index contributed by atoms with van der Waals surface area (Å²) in [5.74, 6) is -4.38. The number of anilines is 1. The highest BCUT2D eigenvalue weighted by Gasteiger charge is 2.35. The van der Waals surface area contributed by atoms with Gasteiger partial charge in [0.1, 0.15) is 6.61 Å².